The van der Waals surface area contributed by atoms with Crippen LogP contribution in [0.25, 0.3) is 11.4 Å². The number of benzene rings is 2. The predicted octanol–water partition coefficient (Wildman–Crippen LogP) is 3.30. The SMILES string of the molecule is COc1ccc(-c2noc(CNC(=O)c3ccc(C)c(C)c3)n2)cc1OC. The third kappa shape index (κ3) is 4.08. The van der Waals surface area contributed by atoms with Gasteiger partial charge in [0.1, 0.15) is 0 Å². The summed E-state index contributed by atoms with van der Waals surface area (Å²) in [6.07, 6.45) is 0. The molecule has 0 aliphatic heterocycles. The number of nitrogens with zero attached hydrogens (tertiary/aromatic N) is 2. The predicted molar refractivity (Wildman–Crippen MR) is 99.9 cm³/mol. The van der Waals surface area contributed by atoms with Crippen molar-refractivity contribution in [2.24, 2.45) is 0 Å². The van der Waals surface area contributed by atoms with Gasteiger partial charge in [-0.3, -0.25) is 4.79 Å². The Morgan fingerprint density at radius 1 is 1.04 bits per heavy atom. The zero-order chi connectivity index (χ0) is 19.4. The molecule has 27 heavy (non-hydrogen) atoms. The molecule has 0 fully saturated rings. The molecule has 3 aromatic rings. The first-order valence-corrected chi connectivity index (χ1v) is 8.42. The van der Waals surface area contributed by atoms with Crippen molar-refractivity contribution in [3.8, 4) is 22.9 Å². The number of methoxy groups -OCH3 is 2. The second-order valence-electron chi connectivity index (χ2n) is 6.06. The van der Waals surface area contributed by atoms with Gasteiger partial charge in [0.15, 0.2) is 11.5 Å². The Morgan fingerprint density at radius 3 is 2.52 bits per heavy atom. The van der Waals surface area contributed by atoms with Crippen LogP contribution >= 0.6 is 0 Å². The summed E-state index contributed by atoms with van der Waals surface area (Å²) in [5.74, 6) is 1.72. The van der Waals surface area contributed by atoms with Crippen LogP contribution in [0.4, 0.5) is 0 Å². The number of carbonyl (C=O) groups excluding carboxylic acids is 1. The monoisotopic (exact) mass is 367 g/mol. The van der Waals surface area contributed by atoms with Crippen LogP contribution in [0, 0.1) is 13.8 Å². The number of carbonyl (C=O) groups is 1. The Labute approximate surface area is 157 Å². The molecule has 3 rings (SSSR count). The highest BCUT2D eigenvalue weighted by atomic mass is 16.5. The average Bonchev–Trinajstić information content (AvgIpc) is 3.16. The van der Waals surface area contributed by atoms with Gasteiger partial charge < -0.3 is 19.3 Å². The van der Waals surface area contributed by atoms with Crippen LogP contribution in [0.3, 0.4) is 0 Å². The van der Waals surface area contributed by atoms with E-state index in [2.05, 4.69) is 15.5 Å². The molecule has 7 nitrogen and oxygen atoms in total. The van der Waals surface area contributed by atoms with Crippen LogP contribution in [0.1, 0.15) is 27.4 Å². The summed E-state index contributed by atoms with van der Waals surface area (Å²) in [5, 5.41) is 6.75. The van der Waals surface area contributed by atoms with Crippen LogP contribution in [-0.2, 0) is 6.54 Å². The normalized spacial score (nSPS) is 10.5. The maximum absolute atomic E-state index is 12.3. The molecular formula is C20H21N3O4. The van der Waals surface area contributed by atoms with Crippen molar-refractivity contribution < 1.29 is 18.8 Å². The van der Waals surface area contributed by atoms with Crippen molar-refractivity contribution in [3.05, 3.63) is 59.0 Å². The number of amides is 1. The van der Waals surface area contributed by atoms with E-state index in [1.54, 1.807) is 32.4 Å². The Kier molecular flexibility index (Phi) is 5.40. The molecule has 0 aliphatic carbocycles. The molecule has 1 aromatic heterocycles. The zero-order valence-corrected chi connectivity index (χ0v) is 15.7. The minimum absolute atomic E-state index is 0.145. The van der Waals surface area contributed by atoms with Crippen molar-refractivity contribution in [2.75, 3.05) is 14.2 Å². The Bertz CT molecular complexity index is 966. The summed E-state index contributed by atoms with van der Waals surface area (Å²) in [4.78, 5) is 16.6. The molecule has 1 heterocycles. The number of hydrogen-bond acceptors (Lipinski definition) is 6. The van der Waals surface area contributed by atoms with E-state index >= 15 is 0 Å². The Hall–Kier alpha value is -3.35. The second kappa shape index (κ2) is 7.90. The first-order valence-electron chi connectivity index (χ1n) is 8.42. The van der Waals surface area contributed by atoms with Crippen LogP contribution in [0.2, 0.25) is 0 Å². The van der Waals surface area contributed by atoms with E-state index in [0.717, 1.165) is 16.7 Å². The van der Waals surface area contributed by atoms with E-state index in [9.17, 15) is 4.79 Å². The number of aromatic nitrogens is 2. The van der Waals surface area contributed by atoms with Crippen molar-refractivity contribution in [1.82, 2.24) is 15.5 Å². The molecule has 0 radical (unpaired) electrons. The lowest BCUT2D eigenvalue weighted by molar-refractivity contribution is 0.0946. The summed E-state index contributed by atoms with van der Waals surface area (Å²) >= 11 is 0. The third-order valence-electron chi connectivity index (χ3n) is 4.28. The fraction of sp³-hybridized carbons (Fsp3) is 0.250. The summed E-state index contributed by atoms with van der Waals surface area (Å²) in [7, 11) is 3.13. The Morgan fingerprint density at radius 2 is 1.81 bits per heavy atom. The van der Waals surface area contributed by atoms with Gasteiger partial charge in [0.25, 0.3) is 5.91 Å². The molecule has 0 atom stereocenters. The summed E-state index contributed by atoms with van der Waals surface area (Å²) in [5.41, 5.74) is 3.53. The van der Waals surface area contributed by atoms with Crippen molar-refractivity contribution >= 4 is 5.91 Å². The first-order chi connectivity index (χ1) is 13.0. The standard InChI is InChI=1S/C20H21N3O4/c1-12-5-6-15(9-13(12)2)20(24)21-11-18-22-19(23-27-18)14-7-8-16(25-3)17(10-14)26-4/h5-10H,11H2,1-4H3,(H,21,24). The minimum atomic E-state index is -0.191. The quantitative estimate of drug-likeness (QED) is 0.719. The van der Waals surface area contributed by atoms with Crippen LogP contribution in [-0.4, -0.2) is 30.3 Å². The largest absolute Gasteiger partial charge is 0.493 e. The minimum Gasteiger partial charge on any atom is -0.493 e. The smallest absolute Gasteiger partial charge is 0.251 e. The summed E-state index contributed by atoms with van der Waals surface area (Å²) in [6, 6.07) is 10.9. The molecule has 1 N–H and O–H groups in total. The van der Waals surface area contributed by atoms with E-state index in [1.807, 2.05) is 32.0 Å². The van der Waals surface area contributed by atoms with Gasteiger partial charge in [-0.15, -0.1) is 0 Å². The van der Waals surface area contributed by atoms with Gasteiger partial charge in [-0.2, -0.15) is 4.98 Å². The van der Waals surface area contributed by atoms with E-state index < -0.39 is 0 Å². The highest BCUT2D eigenvalue weighted by molar-refractivity contribution is 5.94. The maximum atomic E-state index is 12.3. The average molecular weight is 367 g/mol. The van der Waals surface area contributed by atoms with Gasteiger partial charge in [0.2, 0.25) is 11.7 Å². The topological polar surface area (TPSA) is 86.5 Å². The van der Waals surface area contributed by atoms with E-state index in [0.29, 0.717) is 28.8 Å². The van der Waals surface area contributed by atoms with Crippen molar-refractivity contribution in [3.63, 3.8) is 0 Å². The molecule has 0 bridgehead atoms. The van der Waals surface area contributed by atoms with Crippen LogP contribution < -0.4 is 14.8 Å². The molecule has 0 aliphatic rings. The number of nitrogens with one attached hydrogen (secondary N) is 1. The van der Waals surface area contributed by atoms with Crippen LogP contribution in [0.5, 0.6) is 11.5 Å². The van der Waals surface area contributed by atoms with Gasteiger partial charge in [0, 0.05) is 11.1 Å². The highest BCUT2D eigenvalue weighted by Crippen LogP contribution is 2.31. The van der Waals surface area contributed by atoms with Crippen LogP contribution in [0.15, 0.2) is 40.9 Å². The first kappa shape index (κ1) is 18.4. The van der Waals surface area contributed by atoms with Crippen molar-refractivity contribution in [1.29, 1.82) is 0 Å². The molecule has 0 saturated heterocycles. The highest BCUT2D eigenvalue weighted by Gasteiger charge is 2.13. The lowest BCUT2D eigenvalue weighted by Crippen LogP contribution is -2.23. The van der Waals surface area contributed by atoms with Gasteiger partial charge in [-0.1, -0.05) is 11.2 Å². The maximum Gasteiger partial charge on any atom is 0.251 e. The van der Waals surface area contributed by atoms with Gasteiger partial charge in [-0.05, 0) is 55.3 Å². The number of aryl methyl sites for hydroxylation is 2. The lowest BCUT2D eigenvalue weighted by Gasteiger charge is -2.07. The molecule has 7 heteroatoms. The van der Waals surface area contributed by atoms with Gasteiger partial charge in [-0.25, -0.2) is 0 Å². The van der Waals surface area contributed by atoms with Gasteiger partial charge >= 0.3 is 0 Å². The molecule has 140 valence electrons. The van der Waals surface area contributed by atoms with E-state index in [1.165, 1.54) is 0 Å². The summed E-state index contributed by atoms with van der Waals surface area (Å²) in [6.45, 7) is 4.12. The molecule has 2 aromatic carbocycles. The molecular weight excluding hydrogens is 346 g/mol. The lowest BCUT2D eigenvalue weighted by atomic mass is 10.1. The number of rotatable bonds is 6. The zero-order valence-electron chi connectivity index (χ0n) is 15.7. The molecule has 0 unspecified atom stereocenters. The molecule has 0 saturated carbocycles. The number of ether oxygens (including phenoxy) is 2. The van der Waals surface area contributed by atoms with E-state index in [-0.39, 0.29) is 12.5 Å². The molecule has 0 spiro atoms. The fourth-order valence-corrected chi connectivity index (χ4v) is 2.56. The molecule has 1 amide bonds. The van der Waals surface area contributed by atoms with E-state index in [4.69, 9.17) is 14.0 Å². The van der Waals surface area contributed by atoms with Crippen molar-refractivity contribution in [2.45, 2.75) is 20.4 Å². The third-order valence-corrected chi connectivity index (χ3v) is 4.28. The Balaban J connectivity index is 1.69. The summed E-state index contributed by atoms with van der Waals surface area (Å²) < 4.78 is 15.7. The fourth-order valence-electron chi connectivity index (χ4n) is 2.56. The van der Waals surface area contributed by atoms with Gasteiger partial charge in [0.05, 0.1) is 20.8 Å². The second-order valence-corrected chi connectivity index (χ2v) is 6.06. The number of hydrogen-bond donors (Lipinski definition) is 1.